The Balaban J connectivity index is 1.57. The summed E-state index contributed by atoms with van der Waals surface area (Å²) in [6.45, 7) is 1.49. The van der Waals surface area contributed by atoms with Crippen LogP contribution in [-0.2, 0) is 22.4 Å². The van der Waals surface area contributed by atoms with Gasteiger partial charge in [-0.2, -0.15) is 0 Å². The average molecular weight is 418 g/mol. The van der Waals surface area contributed by atoms with Crippen LogP contribution >= 0.6 is 0 Å². The molecule has 3 rings (SSSR count). The molecule has 1 aromatic heterocycles. The van der Waals surface area contributed by atoms with Crippen molar-refractivity contribution in [3.05, 3.63) is 35.5 Å². The number of amides is 1. The zero-order chi connectivity index (χ0) is 21.3. The number of carbonyl (C=O) groups is 1. The molecule has 0 N–H and O–H groups in total. The van der Waals surface area contributed by atoms with Gasteiger partial charge < -0.3 is 23.5 Å². The highest BCUT2D eigenvalue weighted by atomic mass is 16.5. The second-order valence-electron chi connectivity index (χ2n) is 7.46. The second kappa shape index (κ2) is 11.0. The molecule has 0 aliphatic carbocycles. The predicted molar refractivity (Wildman–Crippen MR) is 111 cm³/mol. The number of hydrogen-bond donors (Lipinski definition) is 0. The van der Waals surface area contributed by atoms with Gasteiger partial charge in [-0.25, -0.2) is 0 Å². The molecule has 30 heavy (non-hydrogen) atoms. The molecule has 164 valence electrons. The van der Waals surface area contributed by atoms with Crippen LogP contribution in [0.3, 0.4) is 0 Å². The summed E-state index contributed by atoms with van der Waals surface area (Å²) in [5.41, 5.74) is 0.900. The molecule has 8 nitrogen and oxygen atoms in total. The van der Waals surface area contributed by atoms with Crippen molar-refractivity contribution in [2.24, 2.45) is 0 Å². The zero-order valence-corrected chi connectivity index (χ0v) is 18.1. The molecule has 1 saturated heterocycles. The number of aromatic nitrogens is 2. The van der Waals surface area contributed by atoms with Gasteiger partial charge in [-0.1, -0.05) is 0 Å². The molecule has 8 heteroatoms. The summed E-state index contributed by atoms with van der Waals surface area (Å²) in [5, 5.41) is 8.25. The third-order valence-electron chi connectivity index (χ3n) is 5.49. The van der Waals surface area contributed by atoms with Crippen LogP contribution < -0.4 is 9.47 Å². The van der Waals surface area contributed by atoms with E-state index in [0.29, 0.717) is 37.7 Å². The quantitative estimate of drug-likeness (QED) is 0.587. The summed E-state index contributed by atoms with van der Waals surface area (Å²) >= 11 is 0. The van der Waals surface area contributed by atoms with Crippen molar-refractivity contribution in [3.63, 3.8) is 0 Å². The Labute approximate surface area is 177 Å². The molecule has 0 saturated carbocycles. The van der Waals surface area contributed by atoms with Crippen LogP contribution in [0.2, 0.25) is 0 Å². The van der Waals surface area contributed by atoms with Crippen LogP contribution in [0, 0.1) is 0 Å². The Morgan fingerprint density at radius 1 is 1.17 bits per heavy atom. The molecule has 2 heterocycles. The van der Waals surface area contributed by atoms with Crippen molar-refractivity contribution in [2.75, 3.05) is 34.5 Å². The smallest absolute Gasteiger partial charge is 0.223 e. The lowest BCUT2D eigenvalue weighted by Crippen LogP contribution is -2.44. The maximum Gasteiger partial charge on any atom is 0.223 e. The van der Waals surface area contributed by atoms with Crippen molar-refractivity contribution < 1.29 is 23.4 Å². The topological polar surface area (TPSA) is 86.9 Å². The molecule has 1 amide bonds. The lowest BCUT2D eigenvalue weighted by atomic mass is 9.99. The lowest BCUT2D eigenvalue weighted by molar-refractivity contribution is -0.135. The van der Waals surface area contributed by atoms with E-state index in [2.05, 4.69) is 10.2 Å². The largest absolute Gasteiger partial charge is 0.497 e. The summed E-state index contributed by atoms with van der Waals surface area (Å²) in [4.78, 5) is 14.8. The number of rotatable bonds is 10. The van der Waals surface area contributed by atoms with E-state index < -0.39 is 0 Å². The minimum absolute atomic E-state index is 0.144. The molecule has 1 fully saturated rings. The second-order valence-corrected chi connectivity index (χ2v) is 7.46. The van der Waals surface area contributed by atoms with Crippen LogP contribution in [0.1, 0.15) is 49.4 Å². The van der Waals surface area contributed by atoms with Crippen LogP contribution in [0.4, 0.5) is 0 Å². The zero-order valence-electron chi connectivity index (χ0n) is 18.1. The highest BCUT2D eigenvalue weighted by Crippen LogP contribution is 2.26. The summed E-state index contributed by atoms with van der Waals surface area (Å²) in [7, 11) is 4.94. The van der Waals surface area contributed by atoms with E-state index in [9.17, 15) is 4.79 Å². The molecule has 0 radical (unpaired) electrons. The predicted octanol–water partition coefficient (Wildman–Crippen LogP) is 3.03. The SMILES string of the molecule is COCC[C@H]1CCCCN1C(=O)CCc1nnc(Cc2cc(OC)ccc2OC)o1. The van der Waals surface area contributed by atoms with E-state index in [1.165, 1.54) is 6.42 Å². The van der Waals surface area contributed by atoms with Crippen LogP contribution in [0.5, 0.6) is 11.5 Å². The molecule has 1 aromatic carbocycles. The molecule has 0 unspecified atom stereocenters. The van der Waals surface area contributed by atoms with Crippen molar-refractivity contribution in [1.29, 1.82) is 0 Å². The van der Waals surface area contributed by atoms with E-state index >= 15 is 0 Å². The minimum Gasteiger partial charge on any atom is -0.497 e. The van der Waals surface area contributed by atoms with Gasteiger partial charge in [0, 0.05) is 44.7 Å². The molecular weight excluding hydrogens is 386 g/mol. The Kier molecular flexibility index (Phi) is 8.07. The van der Waals surface area contributed by atoms with Gasteiger partial charge in [0.2, 0.25) is 17.7 Å². The summed E-state index contributed by atoms with van der Waals surface area (Å²) in [6.07, 6.45) is 5.40. The average Bonchev–Trinajstić information content (AvgIpc) is 3.23. The third-order valence-corrected chi connectivity index (χ3v) is 5.49. The number of ether oxygens (including phenoxy) is 3. The standard InChI is InChI=1S/C22H31N3O5/c1-27-13-11-17-6-4-5-12-25(17)22(26)10-9-20-23-24-21(30-20)15-16-14-18(28-2)7-8-19(16)29-3/h7-8,14,17H,4-6,9-13,15H2,1-3H3/t17-/m1/s1. The maximum atomic E-state index is 12.8. The number of aryl methyl sites for hydroxylation is 1. The molecule has 0 spiro atoms. The first-order chi connectivity index (χ1) is 14.6. The van der Waals surface area contributed by atoms with Gasteiger partial charge in [-0.15, -0.1) is 10.2 Å². The number of nitrogens with zero attached hydrogens (tertiary/aromatic N) is 3. The molecule has 1 aliphatic heterocycles. The Morgan fingerprint density at radius 3 is 2.77 bits per heavy atom. The van der Waals surface area contributed by atoms with Crippen LogP contribution in [0.25, 0.3) is 0 Å². The molecule has 1 aliphatic rings. The van der Waals surface area contributed by atoms with Crippen molar-refractivity contribution in [1.82, 2.24) is 15.1 Å². The first-order valence-corrected chi connectivity index (χ1v) is 10.4. The summed E-state index contributed by atoms with van der Waals surface area (Å²) in [6, 6.07) is 5.85. The fourth-order valence-corrected chi connectivity index (χ4v) is 3.88. The lowest BCUT2D eigenvalue weighted by Gasteiger charge is -2.35. The van der Waals surface area contributed by atoms with E-state index in [1.54, 1.807) is 21.3 Å². The highest BCUT2D eigenvalue weighted by Gasteiger charge is 2.26. The Morgan fingerprint density at radius 2 is 2.00 bits per heavy atom. The van der Waals surface area contributed by atoms with Gasteiger partial charge in [-0.05, 0) is 43.9 Å². The molecular formula is C22H31N3O5. The van der Waals surface area contributed by atoms with Gasteiger partial charge in [0.15, 0.2) is 0 Å². The van der Waals surface area contributed by atoms with E-state index in [-0.39, 0.29) is 11.9 Å². The first-order valence-electron chi connectivity index (χ1n) is 10.4. The third kappa shape index (κ3) is 5.72. The fraction of sp³-hybridized carbons (Fsp3) is 0.591. The number of likely N-dealkylation sites (tertiary alicyclic amines) is 1. The van der Waals surface area contributed by atoms with Crippen LogP contribution in [-0.4, -0.2) is 61.5 Å². The summed E-state index contributed by atoms with van der Waals surface area (Å²) in [5.74, 6) is 2.58. The van der Waals surface area contributed by atoms with E-state index in [0.717, 1.165) is 42.9 Å². The maximum absolute atomic E-state index is 12.8. The van der Waals surface area contributed by atoms with Gasteiger partial charge >= 0.3 is 0 Å². The molecule has 0 bridgehead atoms. The van der Waals surface area contributed by atoms with Gasteiger partial charge in [0.25, 0.3) is 0 Å². The van der Waals surface area contributed by atoms with Crippen molar-refractivity contribution in [3.8, 4) is 11.5 Å². The fourth-order valence-electron chi connectivity index (χ4n) is 3.88. The number of carbonyl (C=O) groups excluding carboxylic acids is 1. The van der Waals surface area contributed by atoms with Crippen LogP contribution in [0.15, 0.2) is 22.6 Å². The van der Waals surface area contributed by atoms with Crippen molar-refractivity contribution >= 4 is 5.91 Å². The number of piperidine rings is 1. The number of hydrogen-bond acceptors (Lipinski definition) is 7. The monoisotopic (exact) mass is 417 g/mol. The molecule has 2 aromatic rings. The highest BCUT2D eigenvalue weighted by molar-refractivity contribution is 5.76. The Hall–Kier alpha value is -2.61. The van der Waals surface area contributed by atoms with E-state index in [4.69, 9.17) is 18.6 Å². The first kappa shape index (κ1) is 22.1. The van der Waals surface area contributed by atoms with Gasteiger partial charge in [0.1, 0.15) is 11.5 Å². The van der Waals surface area contributed by atoms with Gasteiger partial charge in [-0.3, -0.25) is 4.79 Å². The van der Waals surface area contributed by atoms with Crippen molar-refractivity contribution in [2.45, 2.75) is 51.0 Å². The normalized spacial score (nSPS) is 16.5. The number of benzene rings is 1. The molecule has 1 atom stereocenters. The Bertz CT molecular complexity index is 823. The summed E-state index contributed by atoms with van der Waals surface area (Å²) < 4.78 is 21.7. The van der Waals surface area contributed by atoms with Gasteiger partial charge in [0.05, 0.1) is 20.6 Å². The van der Waals surface area contributed by atoms with E-state index in [1.807, 2.05) is 23.1 Å². The number of methoxy groups -OCH3 is 3. The minimum atomic E-state index is 0.144.